The summed E-state index contributed by atoms with van der Waals surface area (Å²) in [7, 11) is 0. The highest BCUT2D eigenvalue weighted by Crippen LogP contribution is 2.36. The number of rotatable bonds is 14. The van der Waals surface area contributed by atoms with Gasteiger partial charge in [-0.05, 0) is 50.9 Å². The fourth-order valence-corrected chi connectivity index (χ4v) is 4.52. The van der Waals surface area contributed by atoms with E-state index < -0.39 is 18.2 Å². The topological polar surface area (TPSA) is 96.2 Å². The van der Waals surface area contributed by atoms with Crippen molar-refractivity contribution in [2.45, 2.75) is 109 Å². The van der Waals surface area contributed by atoms with Crippen molar-refractivity contribution in [2.24, 2.45) is 11.8 Å². The highest BCUT2D eigenvalue weighted by molar-refractivity contribution is 5.66. The van der Waals surface area contributed by atoms with Gasteiger partial charge in [0.1, 0.15) is 0 Å². The zero-order chi connectivity index (χ0) is 22.5. The van der Waals surface area contributed by atoms with Crippen molar-refractivity contribution < 1.29 is 29.6 Å². The van der Waals surface area contributed by atoms with Gasteiger partial charge >= 0.3 is 5.97 Å². The van der Waals surface area contributed by atoms with Crippen LogP contribution in [0.2, 0.25) is 0 Å². The van der Waals surface area contributed by atoms with E-state index in [1.807, 2.05) is 18.2 Å². The van der Waals surface area contributed by atoms with Crippen LogP contribution in [0, 0.1) is 11.8 Å². The maximum Gasteiger partial charge on any atom is 0.303 e. The second-order valence-electron chi connectivity index (χ2n) is 8.96. The van der Waals surface area contributed by atoms with Crippen molar-refractivity contribution in [1.82, 2.24) is 0 Å². The van der Waals surface area contributed by atoms with Crippen LogP contribution in [0.15, 0.2) is 24.3 Å². The Labute approximate surface area is 187 Å². The molecule has 0 aromatic rings. The van der Waals surface area contributed by atoms with Crippen molar-refractivity contribution in [3.05, 3.63) is 24.3 Å². The van der Waals surface area contributed by atoms with Gasteiger partial charge in [0.15, 0.2) is 6.29 Å². The number of aliphatic hydroxyl groups is 2. The monoisotopic (exact) mass is 438 g/mol. The van der Waals surface area contributed by atoms with Crippen molar-refractivity contribution in [3.8, 4) is 0 Å². The zero-order valence-corrected chi connectivity index (χ0v) is 19.0. The molecule has 2 aliphatic rings. The summed E-state index contributed by atoms with van der Waals surface area (Å²) in [6, 6.07) is 0. The second-order valence-corrected chi connectivity index (χ2v) is 8.96. The normalized spacial score (nSPS) is 30.4. The zero-order valence-electron chi connectivity index (χ0n) is 19.0. The highest BCUT2D eigenvalue weighted by Gasteiger charge is 2.39. The van der Waals surface area contributed by atoms with Crippen molar-refractivity contribution in [3.63, 3.8) is 0 Å². The molecule has 6 heteroatoms. The Morgan fingerprint density at radius 1 is 1.16 bits per heavy atom. The van der Waals surface area contributed by atoms with E-state index in [9.17, 15) is 15.0 Å². The summed E-state index contributed by atoms with van der Waals surface area (Å²) in [5.41, 5.74) is 0. The van der Waals surface area contributed by atoms with E-state index in [4.69, 9.17) is 14.6 Å². The molecular weight excluding hydrogens is 396 g/mol. The first-order valence-corrected chi connectivity index (χ1v) is 12.2. The number of ether oxygens (including phenoxy) is 2. The molecule has 6 atom stereocenters. The summed E-state index contributed by atoms with van der Waals surface area (Å²) in [4.78, 5) is 10.6. The minimum Gasteiger partial charge on any atom is -0.481 e. The standard InChI is InChI=1S/C25H42O6/c1-2-3-6-11-19(31-25-14-9-10-17-30-25)15-16-21-20(22(26)18-23(21)27)12-7-4-5-8-13-24(28)29/h4,7,15-16,19-23,25-27H,2-3,5-6,8-14,17-18H2,1H3,(H,28,29)/b7-4-,16-15+/t19-,20+,21+,22-,23+,25?/m0/s1. The van der Waals surface area contributed by atoms with Crippen molar-refractivity contribution in [1.29, 1.82) is 0 Å². The van der Waals surface area contributed by atoms with Gasteiger partial charge in [0.05, 0.1) is 18.3 Å². The molecule has 0 bridgehead atoms. The predicted molar refractivity (Wildman–Crippen MR) is 121 cm³/mol. The van der Waals surface area contributed by atoms with E-state index in [2.05, 4.69) is 13.0 Å². The number of carbonyl (C=O) groups is 1. The van der Waals surface area contributed by atoms with Gasteiger partial charge in [-0.15, -0.1) is 0 Å². The number of aliphatic carboxylic acids is 1. The van der Waals surface area contributed by atoms with Gasteiger partial charge < -0.3 is 24.8 Å². The van der Waals surface area contributed by atoms with Crippen molar-refractivity contribution in [2.75, 3.05) is 6.61 Å². The van der Waals surface area contributed by atoms with Gasteiger partial charge in [-0.2, -0.15) is 0 Å². The molecule has 1 saturated heterocycles. The van der Waals surface area contributed by atoms with Crippen LogP contribution in [0.3, 0.4) is 0 Å². The Hall–Kier alpha value is -1.21. The van der Waals surface area contributed by atoms with Gasteiger partial charge in [0.2, 0.25) is 0 Å². The van der Waals surface area contributed by atoms with E-state index in [1.165, 1.54) is 6.42 Å². The van der Waals surface area contributed by atoms with E-state index in [1.54, 1.807) is 0 Å². The van der Waals surface area contributed by atoms with Crippen LogP contribution in [0.25, 0.3) is 0 Å². The molecule has 178 valence electrons. The van der Waals surface area contributed by atoms with Gasteiger partial charge in [0.25, 0.3) is 0 Å². The SMILES string of the molecule is CCCCC[C@@H](/C=C/[C@@H]1[C@@H](C/C=C\CCCC(=O)O)[C@@H](O)C[C@H]1O)OC1CCCCO1. The molecule has 0 radical (unpaired) electrons. The Bertz CT molecular complexity index is 554. The summed E-state index contributed by atoms with van der Waals surface area (Å²) in [5.74, 6) is -0.922. The Balaban J connectivity index is 1.92. The minimum atomic E-state index is -0.776. The Morgan fingerprint density at radius 2 is 2.00 bits per heavy atom. The van der Waals surface area contributed by atoms with Gasteiger partial charge in [-0.3, -0.25) is 4.79 Å². The van der Waals surface area contributed by atoms with Crippen LogP contribution >= 0.6 is 0 Å². The number of hydrogen-bond donors (Lipinski definition) is 3. The Morgan fingerprint density at radius 3 is 2.71 bits per heavy atom. The maximum atomic E-state index is 10.6. The van der Waals surface area contributed by atoms with Crippen LogP contribution in [-0.2, 0) is 14.3 Å². The maximum absolute atomic E-state index is 10.6. The first-order valence-electron chi connectivity index (χ1n) is 12.2. The van der Waals surface area contributed by atoms with E-state index in [-0.39, 0.29) is 30.7 Å². The molecule has 1 unspecified atom stereocenters. The van der Waals surface area contributed by atoms with Gasteiger partial charge in [0, 0.05) is 25.4 Å². The third-order valence-corrected chi connectivity index (χ3v) is 6.36. The fourth-order valence-electron chi connectivity index (χ4n) is 4.52. The molecule has 0 spiro atoms. The van der Waals surface area contributed by atoms with Crippen LogP contribution in [0.4, 0.5) is 0 Å². The molecule has 0 amide bonds. The third-order valence-electron chi connectivity index (χ3n) is 6.36. The molecule has 1 saturated carbocycles. The molecule has 0 aromatic carbocycles. The summed E-state index contributed by atoms with van der Waals surface area (Å²) in [6.45, 7) is 2.94. The molecular formula is C25H42O6. The molecule has 2 fully saturated rings. The summed E-state index contributed by atoms with van der Waals surface area (Å²) >= 11 is 0. The summed E-state index contributed by atoms with van der Waals surface area (Å²) in [5, 5.41) is 29.7. The molecule has 2 rings (SSSR count). The van der Waals surface area contributed by atoms with Gasteiger partial charge in [-0.25, -0.2) is 0 Å². The average Bonchev–Trinajstić information content (AvgIpc) is 3.01. The largest absolute Gasteiger partial charge is 0.481 e. The minimum absolute atomic E-state index is 0.0354. The number of carboxylic acid groups (broad SMARTS) is 1. The number of unbranched alkanes of at least 4 members (excludes halogenated alkanes) is 3. The smallest absolute Gasteiger partial charge is 0.303 e. The van der Waals surface area contributed by atoms with E-state index in [0.717, 1.165) is 45.1 Å². The predicted octanol–water partition coefficient (Wildman–Crippen LogP) is 4.59. The number of hydrogen-bond acceptors (Lipinski definition) is 5. The lowest BCUT2D eigenvalue weighted by atomic mass is 9.89. The van der Waals surface area contributed by atoms with Gasteiger partial charge in [-0.1, -0.05) is 50.5 Å². The van der Waals surface area contributed by atoms with Crippen LogP contribution in [0.5, 0.6) is 0 Å². The van der Waals surface area contributed by atoms with Crippen LogP contribution in [-0.4, -0.2) is 52.5 Å². The second kappa shape index (κ2) is 14.8. The molecule has 6 nitrogen and oxygen atoms in total. The van der Waals surface area contributed by atoms with E-state index in [0.29, 0.717) is 25.7 Å². The quantitative estimate of drug-likeness (QED) is 0.271. The molecule has 0 aromatic heterocycles. The fraction of sp³-hybridized carbons (Fsp3) is 0.800. The first kappa shape index (κ1) is 26.0. The number of allylic oxidation sites excluding steroid dienone is 2. The molecule has 1 aliphatic heterocycles. The Kier molecular flexibility index (Phi) is 12.4. The molecule has 1 aliphatic carbocycles. The molecule has 1 heterocycles. The lowest BCUT2D eigenvalue weighted by molar-refractivity contribution is -0.179. The summed E-state index contributed by atoms with van der Waals surface area (Å²) < 4.78 is 12.0. The lowest BCUT2D eigenvalue weighted by Crippen LogP contribution is -2.27. The van der Waals surface area contributed by atoms with Crippen LogP contribution < -0.4 is 0 Å². The third kappa shape index (κ3) is 9.85. The summed E-state index contributed by atoms with van der Waals surface area (Å²) in [6.07, 6.45) is 16.9. The van der Waals surface area contributed by atoms with Crippen molar-refractivity contribution >= 4 is 5.97 Å². The number of aliphatic hydroxyl groups excluding tert-OH is 2. The molecule has 31 heavy (non-hydrogen) atoms. The first-order chi connectivity index (χ1) is 15.0. The van der Waals surface area contributed by atoms with Crippen LogP contribution in [0.1, 0.15) is 84.0 Å². The lowest BCUT2D eigenvalue weighted by Gasteiger charge is -2.27. The highest BCUT2D eigenvalue weighted by atomic mass is 16.7. The molecule has 3 N–H and O–H groups in total. The number of carboxylic acids is 1. The average molecular weight is 439 g/mol. The van der Waals surface area contributed by atoms with E-state index >= 15 is 0 Å².